The maximum absolute atomic E-state index is 10.9. The largest absolute Gasteiger partial charge is 0.450 e. The molecular formula is C12H27ClN2O2. The number of hydrogen-bond acceptors (Lipinski definition) is 3. The van der Waals surface area contributed by atoms with Crippen LogP contribution in [0.5, 0.6) is 0 Å². The number of hydrogen-bond donors (Lipinski definition) is 2. The Morgan fingerprint density at radius 1 is 1.18 bits per heavy atom. The third-order valence-corrected chi connectivity index (χ3v) is 2.64. The van der Waals surface area contributed by atoms with Gasteiger partial charge in [-0.25, -0.2) is 4.79 Å². The van der Waals surface area contributed by atoms with Crippen LogP contribution in [-0.4, -0.2) is 31.3 Å². The van der Waals surface area contributed by atoms with Crippen molar-refractivity contribution in [1.82, 2.24) is 10.6 Å². The molecule has 0 rings (SSSR count). The quantitative estimate of drug-likeness (QED) is 0.664. The van der Waals surface area contributed by atoms with Crippen LogP contribution in [0.3, 0.4) is 0 Å². The first-order valence-electron chi connectivity index (χ1n) is 6.17. The van der Waals surface area contributed by atoms with Crippen molar-refractivity contribution in [1.29, 1.82) is 0 Å². The zero-order chi connectivity index (χ0) is 12.4. The first-order chi connectivity index (χ1) is 7.52. The summed E-state index contributed by atoms with van der Waals surface area (Å²) >= 11 is 0. The van der Waals surface area contributed by atoms with Crippen LogP contribution in [-0.2, 0) is 4.74 Å². The maximum atomic E-state index is 10.9. The third-order valence-electron chi connectivity index (χ3n) is 2.64. The highest BCUT2D eigenvalue weighted by Crippen LogP contribution is 2.06. The lowest BCUT2D eigenvalue weighted by Gasteiger charge is -2.24. The fourth-order valence-electron chi connectivity index (χ4n) is 1.17. The molecule has 0 saturated heterocycles. The molecule has 104 valence electrons. The standard InChI is InChI=1S/C12H26N2O2.ClH/c1-5-12(3,4)14-10-8-7-9-13-11(15)16-6-2;/h14H,5-10H2,1-4H3,(H,13,15);1H. The number of nitrogens with one attached hydrogen (secondary N) is 2. The Morgan fingerprint density at radius 3 is 2.29 bits per heavy atom. The van der Waals surface area contributed by atoms with Gasteiger partial charge in [0.2, 0.25) is 0 Å². The van der Waals surface area contributed by atoms with Crippen LogP contribution in [0.25, 0.3) is 0 Å². The Labute approximate surface area is 111 Å². The number of alkyl carbamates (subject to hydrolysis) is 1. The minimum Gasteiger partial charge on any atom is -0.450 e. The van der Waals surface area contributed by atoms with E-state index in [2.05, 4.69) is 31.4 Å². The number of halogens is 1. The van der Waals surface area contributed by atoms with Crippen molar-refractivity contribution < 1.29 is 9.53 Å². The Morgan fingerprint density at radius 2 is 1.76 bits per heavy atom. The zero-order valence-corrected chi connectivity index (χ0v) is 12.3. The molecule has 0 atom stereocenters. The van der Waals surface area contributed by atoms with Crippen LogP contribution in [0.4, 0.5) is 4.79 Å². The summed E-state index contributed by atoms with van der Waals surface area (Å²) in [6.07, 6.45) is 2.85. The van der Waals surface area contributed by atoms with E-state index < -0.39 is 0 Å². The minimum atomic E-state index is -0.315. The maximum Gasteiger partial charge on any atom is 0.407 e. The molecule has 0 fully saturated rings. The summed E-state index contributed by atoms with van der Waals surface area (Å²) in [5, 5.41) is 6.18. The topological polar surface area (TPSA) is 50.4 Å². The normalized spacial score (nSPS) is 10.6. The van der Waals surface area contributed by atoms with Crippen LogP contribution in [0, 0.1) is 0 Å². The Hall–Kier alpha value is -0.480. The lowest BCUT2D eigenvalue weighted by atomic mass is 10.0. The number of rotatable bonds is 8. The predicted octanol–water partition coefficient (Wildman–Crippen LogP) is 2.71. The van der Waals surface area contributed by atoms with Crippen LogP contribution in [0.2, 0.25) is 0 Å². The monoisotopic (exact) mass is 266 g/mol. The molecule has 0 aliphatic carbocycles. The zero-order valence-electron chi connectivity index (χ0n) is 11.5. The molecule has 0 bridgehead atoms. The molecule has 0 aromatic heterocycles. The van der Waals surface area contributed by atoms with E-state index in [4.69, 9.17) is 4.74 Å². The van der Waals surface area contributed by atoms with Gasteiger partial charge in [-0.1, -0.05) is 6.92 Å². The average Bonchev–Trinajstić information content (AvgIpc) is 2.23. The highest BCUT2D eigenvalue weighted by molar-refractivity contribution is 5.85. The van der Waals surface area contributed by atoms with E-state index in [0.717, 1.165) is 25.8 Å². The first-order valence-corrected chi connectivity index (χ1v) is 6.17. The fraction of sp³-hybridized carbons (Fsp3) is 0.917. The van der Waals surface area contributed by atoms with Gasteiger partial charge in [0.25, 0.3) is 0 Å². The van der Waals surface area contributed by atoms with Gasteiger partial charge in [0.1, 0.15) is 0 Å². The molecule has 0 radical (unpaired) electrons. The van der Waals surface area contributed by atoms with Crippen LogP contribution >= 0.6 is 12.4 Å². The van der Waals surface area contributed by atoms with Gasteiger partial charge in [-0.05, 0) is 46.6 Å². The third kappa shape index (κ3) is 11.8. The van der Waals surface area contributed by atoms with Crippen LogP contribution < -0.4 is 10.6 Å². The molecule has 0 aromatic rings. The highest BCUT2D eigenvalue weighted by atomic mass is 35.5. The second-order valence-corrected chi connectivity index (χ2v) is 4.52. The smallest absolute Gasteiger partial charge is 0.407 e. The summed E-state index contributed by atoms with van der Waals surface area (Å²) in [6, 6.07) is 0. The fourth-order valence-corrected chi connectivity index (χ4v) is 1.17. The molecule has 1 amide bonds. The molecule has 2 N–H and O–H groups in total. The molecule has 0 aliphatic heterocycles. The highest BCUT2D eigenvalue weighted by Gasteiger charge is 2.12. The Balaban J connectivity index is 0. The summed E-state index contributed by atoms with van der Waals surface area (Å²) in [5.41, 5.74) is 0.217. The van der Waals surface area contributed by atoms with Gasteiger partial charge in [0, 0.05) is 12.1 Å². The van der Waals surface area contributed by atoms with Gasteiger partial charge < -0.3 is 15.4 Å². The Kier molecular flexibility index (Phi) is 11.8. The predicted molar refractivity (Wildman–Crippen MR) is 73.9 cm³/mol. The lowest BCUT2D eigenvalue weighted by molar-refractivity contribution is 0.152. The molecule has 0 aromatic carbocycles. The van der Waals surface area contributed by atoms with Gasteiger partial charge in [0.15, 0.2) is 0 Å². The molecule has 0 unspecified atom stereocenters. The van der Waals surface area contributed by atoms with Crippen molar-refractivity contribution in [3.63, 3.8) is 0 Å². The molecular weight excluding hydrogens is 240 g/mol. The summed E-state index contributed by atoms with van der Waals surface area (Å²) in [4.78, 5) is 10.9. The second kappa shape index (κ2) is 10.7. The molecule has 0 aliphatic rings. The van der Waals surface area contributed by atoms with E-state index in [1.165, 1.54) is 0 Å². The van der Waals surface area contributed by atoms with E-state index in [-0.39, 0.29) is 24.0 Å². The SMILES string of the molecule is CCOC(=O)NCCCCNC(C)(C)CC.Cl. The summed E-state index contributed by atoms with van der Waals surface area (Å²) in [6.45, 7) is 10.5. The molecule has 17 heavy (non-hydrogen) atoms. The summed E-state index contributed by atoms with van der Waals surface area (Å²) in [7, 11) is 0. The van der Waals surface area contributed by atoms with Gasteiger partial charge in [-0.15, -0.1) is 12.4 Å². The number of carbonyl (C=O) groups is 1. The van der Waals surface area contributed by atoms with Crippen molar-refractivity contribution in [3.05, 3.63) is 0 Å². The van der Waals surface area contributed by atoms with Crippen molar-refractivity contribution >= 4 is 18.5 Å². The molecule has 0 heterocycles. The van der Waals surface area contributed by atoms with Gasteiger partial charge in [-0.3, -0.25) is 0 Å². The average molecular weight is 267 g/mol. The molecule has 4 nitrogen and oxygen atoms in total. The second-order valence-electron chi connectivity index (χ2n) is 4.52. The van der Waals surface area contributed by atoms with Crippen molar-refractivity contribution in [3.8, 4) is 0 Å². The van der Waals surface area contributed by atoms with E-state index in [1.807, 2.05) is 0 Å². The number of amides is 1. The van der Waals surface area contributed by atoms with Gasteiger partial charge >= 0.3 is 6.09 Å². The van der Waals surface area contributed by atoms with Gasteiger partial charge in [0.05, 0.1) is 6.61 Å². The number of ether oxygens (including phenoxy) is 1. The Bertz CT molecular complexity index is 199. The summed E-state index contributed by atoms with van der Waals surface area (Å²) in [5.74, 6) is 0. The van der Waals surface area contributed by atoms with Crippen LogP contribution in [0.15, 0.2) is 0 Å². The number of unbranched alkanes of at least 4 members (excludes halogenated alkanes) is 1. The molecule has 0 saturated carbocycles. The number of carbonyl (C=O) groups excluding carboxylic acids is 1. The van der Waals surface area contributed by atoms with Gasteiger partial charge in [-0.2, -0.15) is 0 Å². The molecule has 0 spiro atoms. The van der Waals surface area contributed by atoms with Crippen molar-refractivity contribution in [2.45, 2.75) is 52.5 Å². The van der Waals surface area contributed by atoms with Crippen molar-refractivity contribution in [2.24, 2.45) is 0 Å². The van der Waals surface area contributed by atoms with E-state index in [1.54, 1.807) is 6.92 Å². The van der Waals surface area contributed by atoms with Crippen LogP contribution in [0.1, 0.15) is 47.0 Å². The van der Waals surface area contributed by atoms with E-state index in [0.29, 0.717) is 13.2 Å². The molecule has 5 heteroatoms. The summed E-state index contributed by atoms with van der Waals surface area (Å²) < 4.78 is 4.75. The van der Waals surface area contributed by atoms with E-state index in [9.17, 15) is 4.79 Å². The van der Waals surface area contributed by atoms with Crippen molar-refractivity contribution in [2.75, 3.05) is 19.7 Å². The first kappa shape index (κ1) is 18.9. The van der Waals surface area contributed by atoms with E-state index >= 15 is 0 Å². The lowest BCUT2D eigenvalue weighted by Crippen LogP contribution is -2.39. The minimum absolute atomic E-state index is 0.